The highest BCUT2D eigenvalue weighted by Gasteiger charge is 2.00. The highest BCUT2D eigenvalue weighted by molar-refractivity contribution is 7.80. The minimum atomic E-state index is -0.266. The molecule has 5 heteroatoms. The number of nitrogens with zero attached hydrogens (tertiary/aromatic N) is 1. The molecular weight excluding hydrogens is 282 g/mol. The van der Waals surface area contributed by atoms with Crippen LogP contribution >= 0.6 is 12.2 Å². The van der Waals surface area contributed by atoms with Gasteiger partial charge in [0.1, 0.15) is 0 Å². The first-order valence-electron chi connectivity index (χ1n) is 6.46. The molecule has 0 saturated carbocycles. The van der Waals surface area contributed by atoms with E-state index >= 15 is 0 Å². The van der Waals surface area contributed by atoms with Gasteiger partial charge in [-0.3, -0.25) is 15.1 Å². The number of amides is 1. The first-order valence-corrected chi connectivity index (χ1v) is 6.87. The Morgan fingerprint density at radius 2 is 1.90 bits per heavy atom. The normalized spacial score (nSPS) is 10.3. The maximum absolute atomic E-state index is 11.7. The van der Waals surface area contributed by atoms with Crippen molar-refractivity contribution in [3.05, 3.63) is 72.1 Å². The molecular formula is C16H15N3OS. The highest BCUT2D eigenvalue weighted by atomic mass is 32.1. The summed E-state index contributed by atoms with van der Waals surface area (Å²) in [4.78, 5) is 15.9. The molecule has 0 aliphatic carbocycles. The number of carbonyl (C=O) groups is 1. The van der Waals surface area contributed by atoms with E-state index in [2.05, 4.69) is 15.6 Å². The monoisotopic (exact) mass is 297 g/mol. The second kappa shape index (κ2) is 7.91. The Kier molecular flexibility index (Phi) is 5.60. The van der Waals surface area contributed by atoms with Crippen molar-refractivity contribution in [2.45, 2.75) is 6.54 Å². The largest absolute Gasteiger partial charge is 0.357 e. The van der Waals surface area contributed by atoms with E-state index in [0.717, 1.165) is 11.3 Å². The van der Waals surface area contributed by atoms with Crippen molar-refractivity contribution in [3.8, 4) is 0 Å². The molecule has 0 saturated heterocycles. The second-order valence-corrected chi connectivity index (χ2v) is 4.65. The molecule has 2 N–H and O–H groups in total. The fourth-order valence-corrected chi connectivity index (χ4v) is 1.78. The van der Waals surface area contributed by atoms with Crippen LogP contribution in [-0.2, 0) is 11.3 Å². The summed E-state index contributed by atoms with van der Waals surface area (Å²) >= 11 is 5.06. The summed E-state index contributed by atoms with van der Waals surface area (Å²) in [6, 6.07) is 15.2. The molecule has 0 aliphatic heterocycles. The van der Waals surface area contributed by atoms with Crippen molar-refractivity contribution in [1.29, 1.82) is 0 Å². The number of aromatic nitrogens is 1. The Bertz CT molecular complexity index is 626. The molecule has 21 heavy (non-hydrogen) atoms. The number of pyridine rings is 1. The van der Waals surface area contributed by atoms with Gasteiger partial charge in [-0.15, -0.1) is 0 Å². The van der Waals surface area contributed by atoms with E-state index < -0.39 is 0 Å². The molecule has 4 nitrogen and oxygen atoms in total. The summed E-state index contributed by atoms with van der Waals surface area (Å²) in [7, 11) is 0. The van der Waals surface area contributed by atoms with Crippen molar-refractivity contribution in [1.82, 2.24) is 15.6 Å². The third-order valence-corrected chi connectivity index (χ3v) is 2.87. The Morgan fingerprint density at radius 3 is 2.62 bits per heavy atom. The first-order chi connectivity index (χ1) is 10.2. The van der Waals surface area contributed by atoms with Gasteiger partial charge in [0.15, 0.2) is 5.11 Å². The topological polar surface area (TPSA) is 54.0 Å². The van der Waals surface area contributed by atoms with Crippen LogP contribution in [0, 0.1) is 0 Å². The minimum absolute atomic E-state index is 0.266. The van der Waals surface area contributed by atoms with E-state index in [0.29, 0.717) is 6.54 Å². The van der Waals surface area contributed by atoms with Crippen LogP contribution in [-0.4, -0.2) is 16.0 Å². The van der Waals surface area contributed by atoms with Crippen molar-refractivity contribution < 1.29 is 4.79 Å². The van der Waals surface area contributed by atoms with Gasteiger partial charge in [-0.05, 0) is 36.0 Å². The number of benzene rings is 1. The smallest absolute Gasteiger partial charge is 0.250 e. The molecule has 1 amide bonds. The molecule has 0 spiro atoms. The Morgan fingerprint density at radius 1 is 1.14 bits per heavy atom. The van der Waals surface area contributed by atoms with Gasteiger partial charge in [-0.2, -0.15) is 0 Å². The summed E-state index contributed by atoms with van der Waals surface area (Å²) in [6.07, 6.45) is 4.89. The molecule has 0 unspecified atom stereocenters. The molecule has 0 bridgehead atoms. The van der Waals surface area contributed by atoms with Crippen LogP contribution in [0.1, 0.15) is 11.3 Å². The van der Waals surface area contributed by atoms with Gasteiger partial charge in [0.2, 0.25) is 5.91 Å². The number of thiocarbonyl (C=S) groups is 1. The predicted octanol–water partition coefficient (Wildman–Crippen LogP) is 2.29. The van der Waals surface area contributed by atoms with E-state index in [1.807, 2.05) is 48.5 Å². The summed E-state index contributed by atoms with van der Waals surface area (Å²) in [6.45, 7) is 0.475. The summed E-state index contributed by atoms with van der Waals surface area (Å²) in [5.74, 6) is -0.266. The highest BCUT2D eigenvalue weighted by Crippen LogP contribution is 2.00. The first kappa shape index (κ1) is 14.9. The minimum Gasteiger partial charge on any atom is -0.357 e. The van der Waals surface area contributed by atoms with Gasteiger partial charge >= 0.3 is 0 Å². The van der Waals surface area contributed by atoms with Gasteiger partial charge in [-0.25, -0.2) is 0 Å². The lowest BCUT2D eigenvalue weighted by Gasteiger charge is -2.07. The van der Waals surface area contributed by atoms with Crippen LogP contribution in [0.25, 0.3) is 6.08 Å². The van der Waals surface area contributed by atoms with Gasteiger partial charge in [0.25, 0.3) is 0 Å². The summed E-state index contributed by atoms with van der Waals surface area (Å²) in [5.41, 5.74) is 1.81. The Labute approximate surface area is 128 Å². The Balaban J connectivity index is 1.77. The van der Waals surface area contributed by atoms with Crippen LogP contribution < -0.4 is 10.6 Å². The maximum Gasteiger partial charge on any atom is 0.250 e. The third kappa shape index (κ3) is 5.54. The fraction of sp³-hybridized carbons (Fsp3) is 0.0625. The summed E-state index contributed by atoms with van der Waals surface area (Å²) < 4.78 is 0. The van der Waals surface area contributed by atoms with Crippen molar-refractivity contribution in [2.24, 2.45) is 0 Å². The zero-order chi connectivity index (χ0) is 14.9. The molecule has 0 atom stereocenters. The van der Waals surface area contributed by atoms with Crippen molar-refractivity contribution in [2.75, 3.05) is 0 Å². The molecule has 106 valence electrons. The van der Waals surface area contributed by atoms with Crippen LogP contribution in [0.4, 0.5) is 0 Å². The molecule has 2 rings (SSSR count). The Hall–Kier alpha value is -2.53. The zero-order valence-electron chi connectivity index (χ0n) is 11.3. The molecule has 2 aromatic rings. The number of rotatable bonds is 4. The number of carbonyl (C=O) groups excluding carboxylic acids is 1. The second-order valence-electron chi connectivity index (χ2n) is 4.24. The van der Waals surface area contributed by atoms with Gasteiger partial charge < -0.3 is 5.32 Å². The van der Waals surface area contributed by atoms with Crippen LogP contribution in [0.3, 0.4) is 0 Å². The predicted molar refractivity (Wildman–Crippen MR) is 87.3 cm³/mol. The maximum atomic E-state index is 11.7. The number of hydrogen-bond acceptors (Lipinski definition) is 3. The standard InChI is InChI=1S/C16H15N3OS/c20-15(10-9-13-6-2-1-3-7-13)19-16(21)18-12-14-8-4-5-11-17-14/h1-11H,12H2,(H2,18,19,20,21). The van der Waals surface area contributed by atoms with E-state index in [1.54, 1.807) is 12.3 Å². The van der Waals surface area contributed by atoms with Crippen LogP contribution in [0.15, 0.2) is 60.8 Å². The van der Waals surface area contributed by atoms with E-state index in [4.69, 9.17) is 12.2 Å². The van der Waals surface area contributed by atoms with Gasteiger partial charge in [0, 0.05) is 12.3 Å². The van der Waals surface area contributed by atoms with Gasteiger partial charge in [-0.1, -0.05) is 36.4 Å². The molecule has 1 heterocycles. The molecule has 1 aromatic carbocycles. The SMILES string of the molecule is O=C(C=Cc1ccccc1)NC(=S)NCc1ccccn1. The van der Waals surface area contributed by atoms with Crippen molar-refractivity contribution in [3.63, 3.8) is 0 Å². The molecule has 0 radical (unpaired) electrons. The summed E-state index contributed by atoms with van der Waals surface area (Å²) in [5, 5.41) is 5.80. The third-order valence-electron chi connectivity index (χ3n) is 2.62. The van der Waals surface area contributed by atoms with Crippen molar-refractivity contribution >= 4 is 29.3 Å². The molecule has 0 aliphatic rings. The van der Waals surface area contributed by atoms with Crippen LogP contribution in [0.5, 0.6) is 0 Å². The van der Waals surface area contributed by atoms with E-state index in [-0.39, 0.29) is 11.0 Å². The van der Waals surface area contributed by atoms with Gasteiger partial charge in [0.05, 0.1) is 12.2 Å². The number of hydrogen-bond donors (Lipinski definition) is 2. The van der Waals surface area contributed by atoms with E-state index in [9.17, 15) is 4.79 Å². The molecule has 1 aromatic heterocycles. The average Bonchev–Trinajstić information content (AvgIpc) is 2.53. The van der Waals surface area contributed by atoms with E-state index in [1.165, 1.54) is 6.08 Å². The quantitative estimate of drug-likeness (QED) is 0.671. The molecule has 0 fully saturated rings. The van der Waals surface area contributed by atoms with Crippen LogP contribution in [0.2, 0.25) is 0 Å². The lowest BCUT2D eigenvalue weighted by Crippen LogP contribution is -2.38. The average molecular weight is 297 g/mol. The lowest BCUT2D eigenvalue weighted by molar-refractivity contribution is -0.115. The number of nitrogens with one attached hydrogen (secondary N) is 2. The fourth-order valence-electron chi connectivity index (χ4n) is 1.61. The lowest BCUT2D eigenvalue weighted by atomic mass is 10.2. The zero-order valence-corrected chi connectivity index (χ0v) is 12.1.